The van der Waals surface area contributed by atoms with Crippen LogP contribution >= 0.6 is 0 Å². The lowest BCUT2D eigenvalue weighted by Gasteiger charge is -2.00. The van der Waals surface area contributed by atoms with Crippen molar-refractivity contribution in [1.29, 1.82) is 0 Å². The fourth-order valence-electron chi connectivity index (χ4n) is 1.13. The van der Waals surface area contributed by atoms with Crippen LogP contribution in [0.25, 0.3) is 0 Å². The molecule has 2 heterocycles. The van der Waals surface area contributed by atoms with Gasteiger partial charge in [-0.15, -0.1) is 0 Å². The van der Waals surface area contributed by atoms with E-state index in [0.717, 1.165) is 0 Å². The highest BCUT2D eigenvalue weighted by Gasteiger charge is 2.15. The molecule has 0 amide bonds. The van der Waals surface area contributed by atoms with Gasteiger partial charge in [0.1, 0.15) is 0 Å². The second-order valence-electron chi connectivity index (χ2n) is 3.18. The number of hydrogen-bond acceptors (Lipinski definition) is 5. The monoisotopic (exact) mass is 242 g/mol. The SMILES string of the molecule is Cc1cc(CNS(=O)(=O)c2cnc[nH]2)on1. The van der Waals surface area contributed by atoms with Gasteiger partial charge in [-0.05, 0) is 6.92 Å². The Balaban J connectivity index is 2.06. The molecule has 2 rings (SSSR count). The van der Waals surface area contributed by atoms with Crippen molar-refractivity contribution in [3.8, 4) is 0 Å². The summed E-state index contributed by atoms with van der Waals surface area (Å²) in [7, 11) is -3.56. The summed E-state index contributed by atoms with van der Waals surface area (Å²) < 4.78 is 30.5. The van der Waals surface area contributed by atoms with E-state index in [4.69, 9.17) is 4.52 Å². The van der Waals surface area contributed by atoms with Crippen LogP contribution in [0.2, 0.25) is 0 Å². The smallest absolute Gasteiger partial charge is 0.258 e. The summed E-state index contributed by atoms with van der Waals surface area (Å²) in [5.41, 5.74) is 0.704. The van der Waals surface area contributed by atoms with Crippen LogP contribution in [0.4, 0.5) is 0 Å². The minimum Gasteiger partial charge on any atom is -0.360 e. The maximum Gasteiger partial charge on any atom is 0.258 e. The molecule has 2 aromatic rings. The van der Waals surface area contributed by atoms with Crippen molar-refractivity contribution >= 4 is 10.0 Å². The molecule has 2 aromatic heterocycles. The Kier molecular flexibility index (Phi) is 2.75. The van der Waals surface area contributed by atoms with Gasteiger partial charge in [-0.25, -0.2) is 18.1 Å². The number of aromatic nitrogens is 3. The van der Waals surface area contributed by atoms with E-state index in [-0.39, 0.29) is 11.6 Å². The van der Waals surface area contributed by atoms with Gasteiger partial charge in [0, 0.05) is 6.07 Å². The fourth-order valence-corrected chi connectivity index (χ4v) is 2.03. The average Bonchev–Trinajstić information content (AvgIpc) is 2.85. The number of imidazole rings is 1. The van der Waals surface area contributed by atoms with E-state index in [1.165, 1.54) is 12.5 Å². The highest BCUT2D eigenvalue weighted by Crippen LogP contribution is 2.05. The van der Waals surface area contributed by atoms with Gasteiger partial charge in [-0.2, -0.15) is 0 Å². The van der Waals surface area contributed by atoms with E-state index in [1.807, 2.05) is 0 Å². The van der Waals surface area contributed by atoms with Crippen LogP contribution in [0.5, 0.6) is 0 Å². The Hall–Kier alpha value is -1.67. The lowest BCUT2D eigenvalue weighted by atomic mass is 10.4. The number of hydrogen-bond donors (Lipinski definition) is 2. The van der Waals surface area contributed by atoms with Crippen LogP contribution in [0.15, 0.2) is 28.1 Å². The van der Waals surface area contributed by atoms with Gasteiger partial charge in [0.05, 0.1) is 24.8 Å². The predicted molar refractivity (Wildman–Crippen MR) is 53.9 cm³/mol. The number of nitrogens with zero attached hydrogens (tertiary/aromatic N) is 2. The standard InChI is InChI=1S/C8H10N4O3S/c1-6-2-7(15-12-6)3-11-16(13,14)8-4-9-5-10-8/h2,4-5,11H,3H2,1H3,(H,9,10). The average molecular weight is 242 g/mol. The van der Waals surface area contributed by atoms with E-state index in [1.54, 1.807) is 13.0 Å². The van der Waals surface area contributed by atoms with Gasteiger partial charge in [-0.1, -0.05) is 5.16 Å². The Morgan fingerprint density at radius 2 is 2.38 bits per heavy atom. The van der Waals surface area contributed by atoms with Crippen molar-refractivity contribution in [2.75, 3.05) is 0 Å². The first-order valence-corrected chi connectivity index (χ1v) is 5.96. The van der Waals surface area contributed by atoms with E-state index < -0.39 is 10.0 Å². The summed E-state index contributed by atoms with van der Waals surface area (Å²) in [5.74, 6) is 0.459. The molecule has 0 radical (unpaired) electrons. The molecule has 16 heavy (non-hydrogen) atoms. The van der Waals surface area contributed by atoms with Crippen molar-refractivity contribution < 1.29 is 12.9 Å². The third-order valence-corrected chi connectivity index (χ3v) is 3.20. The Morgan fingerprint density at radius 1 is 1.56 bits per heavy atom. The van der Waals surface area contributed by atoms with E-state index in [9.17, 15) is 8.42 Å². The van der Waals surface area contributed by atoms with Crippen LogP contribution in [0.1, 0.15) is 11.5 Å². The van der Waals surface area contributed by atoms with E-state index in [2.05, 4.69) is 19.8 Å². The maximum absolute atomic E-state index is 11.6. The molecule has 0 aliphatic heterocycles. The summed E-state index contributed by atoms with van der Waals surface area (Å²) in [6, 6.07) is 1.66. The maximum atomic E-state index is 11.6. The van der Waals surface area contributed by atoms with Crippen molar-refractivity contribution in [2.45, 2.75) is 18.5 Å². The topological polar surface area (TPSA) is 101 Å². The number of rotatable bonds is 4. The van der Waals surface area contributed by atoms with Gasteiger partial charge >= 0.3 is 0 Å². The van der Waals surface area contributed by atoms with Crippen molar-refractivity contribution in [3.05, 3.63) is 30.0 Å². The molecule has 0 atom stereocenters. The second-order valence-corrected chi connectivity index (χ2v) is 4.91. The van der Waals surface area contributed by atoms with Gasteiger partial charge in [-0.3, -0.25) is 0 Å². The minimum atomic E-state index is -3.56. The molecule has 0 spiro atoms. The third kappa shape index (κ3) is 2.28. The Labute approximate surface area is 91.9 Å². The Bertz CT molecular complexity index is 558. The predicted octanol–water partition coefficient (Wildman–Crippen LogP) is 0.185. The summed E-state index contributed by atoms with van der Waals surface area (Å²) in [5, 5.41) is 3.67. The lowest BCUT2D eigenvalue weighted by Crippen LogP contribution is -2.23. The molecule has 0 fully saturated rings. The highest BCUT2D eigenvalue weighted by molar-refractivity contribution is 7.89. The van der Waals surface area contributed by atoms with Crippen LogP contribution in [-0.4, -0.2) is 23.5 Å². The molecule has 0 aromatic carbocycles. The first-order chi connectivity index (χ1) is 7.58. The van der Waals surface area contributed by atoms with Crippen LogP contribution in [0, 0.1) is 6.92 Å². The van der Waals surface area contributed by atoms with Gasteiger partial charge in [0.25, 0.3) is 10.0 Å². The zero-order valence-corrected chi connectivity index (χ0v) is 9.28. The Morgan fingerprint density at radius 3 is 2.94 bits per heavy atom. The number of sulfonamides is 1. The minimum absolute atomic E-state index is 0.0173. The third-order valence-electron chi connectivity index (χ3n) is 1.88. The zero-order valence-electron chi connectivity index (χ0n) is 8.47. The normalized spacial score (nSPS) is 11.8. The summed E-state index contributed by atoms with van der Waals surface area (Å²) >= 11 is 0. The first-order valence-electron chi connectivity index (χ1n) is 4.48. The molecular formula is C8H10N4O3S. The number of aryl methyl sites for hydroxylation is 1. The van der Waals surface area contributed by atoms with Crippen molar-refractivity contribution in [2.24, 2.45) is 0 Å². The second kappa shape index (κ2) is 4.06. The summed E-state index contributed by atoms with van der Waals surface area (Å²) in [4.78, 5) is 6.15. The molecule has 8 heteroatoms. The van der Waals surface area contributed by atoms with Crippen LogP contribution < -0.4 is 4.72 Å². The first kappa shape index (κ1) is 10.8. The number of H-pyrrole nitrogens is 1. The van der Waals surface area contributed by atoms with Crippen LogP contribution in [0.3, 0.4) is 0 Å². The molecule has 86 valence electrons. The molecule has 0 unspecified atom stereocenters. The lowest BCUT2D eigenvalue weighted by molar-refractivity contribution is 0.377. The largest absolute Gasteiger partial charge is 0.360 e. The van der Waals surface area contributed by atoms with Gasteiger partial charge in [0.2, 0.25) is 0 Å². The molecule has 0 saturated carbocycles. The highest BCUT2D eigenvalue weighted by atomic mass is 32.2. The molecule has 0 aliphatic carbocycles. The molecule has 0 aliphatic rings. The van der Waals surface area contributed by atoms with Crippen molar-refractivity contribution in [3.63, 3.8) is 0 Å². The molecule has 0 bridgehead atoms. The fraction of sp³-hybridized carbons (Fsp3) is 0.250. The molecule has 0 saturated heterocycles. The quantitative estimate of drug-likeness (QED) is 0.796. The van der Waals surface area contributed by atoms with Gasteiger partial charge < -0.3 is 9.51 Å². The number of aromatic amines is 1. The summed E-state index contributed by atoms with van der Waals surface area (Å²) in [6.07, 6.45) is 2.53. The van der Waals surface area contributed by atoms with E-state index >= 15 is 0 Å². The summed E-state index contributed by atoms with van der Waals surface area (Å²) in [6.45, 7) is 1.82. The van der Waals surface area contributed by atoms with Crippen LogP contribution in [-0.2, 0) is 16.6 Å². The molecule has 7 nitrogen and oxygen atoms in total. The number of nitrogens with one attached hydrogen (secondary N) is 2. The van der Waals surface area contributed by atoms with Crippen molar-refractivity contribution in [1.82, 2.24) is 19.8 Å². The van der Waals surface area contributed by atoms with E-state index in [0.29, 0.717) is 11.5 Å². The molecule has 2 N–H and O–H groups in total. The zero-order chi connectivity index (χ0) is 11.6. The van der Waals surface area contributed by atoms with Gasteiger partial charge in [0.15, 0.2) is 10.8 Å². The molecular weight excluding hydrogens is 232 g/mol.